The monoisotopic (exact) mass is 363 g/mol. The molecule has 126 valence electrons. The van der Waals surface area contributed by atoms with Crippen LogP contribution in [0.1, 0.15) is 49.0 Å². The van der Waals surface area contributed by atoms with Gasteiger partial charge in [0.1, 0.15) is 4.88 Å². The molecule has 0 saturated carbocycles. The molecule has 1 aliphatic carbocycles. The van der Waals surface area contributed by atoms with Gasteiger partial charge in [0, 0.05) is 4.88 Å². The zero-order valence-corrected chi connectivity index (χ0v) is 14.6. The van der Waals surface area contributed by atoms with E-state index < -0.39 is 24.4 Å². The molecule has 0 bridgehead atoms. The third-order valence-electron chi connectivity index (χ3n) is 3.78. The number of hydrogen-bond acceptors (Lipinski definition) is 6. The van der Waals surface area contributed by atoms with Crippen LogP contribution < -0.4 is 5.32 Å². The first-order valence-electron chi connectivity index (χ1n) is 7.80. The number of thiophene rings is 2. The Balaban J connectivity index is 1.52. The average molecular weight is 363 g/mol. The summed E-state index contributed by atoms with van der Waals surface area (Å²) in [6.45, 7) is -0.460. The number of amides is 2. The highest BCUT2D eigenvalue weighted by Gasteiger charge is 2.19. The van der Waals surface area contributed by atoms with Crippen molar-refractivity contribution in [2.24, 2.45) is 0 Å². The van der Waals surface area contributed by atoms with Crippen LogP contribution in [0, 0.1) is 0 Å². The Kier molecular flexibility index (Phi) is 5.42. The van der Waals surface area contributed by atoms with Crippen LogP contribution in [0.15, 0.2) is 23.6 Å². The lowest BCUT2D eigenvalue weighted by Gasteiger charge is -2.04. The van der Waals surface area contributed by atoms with Gasteiger partial charge in [-0.25, -0.2) is 4.79 Å². The molecule has 24 heavy (non-hydrogen) atoms. The van der Waals surface area contributed by atoms with Crippen LogP contribution in [0.25, 0.3) is 0 Å². The predicted octanol–water partition coefficient (Wildman–Crippen LogP) is 3.19. The van der Waals surface area contributed by atoms with Gasteiger partial charge in [-0.3, -0.25) is 14.9 Å². The van der Waals surface area contributed by atoms with Crippen LogP contribution in [0.2, 0.25) is 0 Å². The molecular weight excluding hydrogens is 346 g/mol. The van der Waals surface area contributed by atoms with Gasteiger partial charge in [0.25, 0.3) is 11.8 Å². The van der Waals surface area contributed by atoms with E-state index in [0.717, 1.165) is 25.7 Å². The van der Waals surface area contributed by atoms with Gasteiger partial charge in [0.05, 0.1) is 4.88 Å². The van der Waals surface area contributed by atoms with E-state index in [2.05, 4.69) is 5.32 Å². The maximum Gasteiger partial charge on any atom is 0.348 e. The lowest BCUT2D eigenvalue weighted by molar-refractivity contribution is -0.123. The summed E-state index contributed by atoms with van der Waals surface area (Å²) in [5.74, 6) is -1.61. The first kappa shape index (κ1) is 16.9. The molecule has 1 aliphatic rings. The second-order valence-corrected chi connectivity index (χ2v) is 7.63. The maximum atomic E-state index is 12.1. The van der Waals surface area contributed by atoms with Gasteiger partial charge in [-0.05, 0) is 48.8 Å². The second-order valence-electron chi connectivity index (χ2n) is 5.55. The van der Waals surface area contributed by atoms with Crippen molar-refractivity contribution < 1.29 is 19.1 Å². The molecule has 0 aromatic carbocycles. The molecule has 0 unspecified atom stereocenters. The number of aryl methyl sites for hydroxylation is 2. The number of nitrogens with one attached hydrogen (secondary N) is 1. The summed E-state index contributed by atoms with van der Waals surface area (Å²) in [6.07, 6.45) is 5.51. The van der Waals surface area contributed by atoms with Crippen molar-refractivity contribution in [3.05, 3.63) is 43.8 Å². The van der Waals surface area contributed by atoms with E-state index in [-0.39, 0.29) is 0 Å². The summed E-state index contributed by atoms with van der Waals surface area (Å²) in [6, 6.07) is 5.23. The van der Waals surface area contributed by atoms with Gasteiger partial charge in [-0.2, -0.15) is 0 Å². The minimum Gasteiger partial charge on any atom is -0.451 e. The van der Waals surface area contributed by atoms with E-state index in [1.807, 2.05) is 6.07 Å². The van der Waals surface area contributed by atoms with E-state index in [1.165, 1.54) is 39.5 Å². The van der Waals surface area contributed by atoms with Crippen molar-refractivity contribution in [3.8, 4) is 0 Å². The van der Waals surface area contributed by atoms with Crippen LogP contribution in [0.4, 0.5) is 0 Å². The molecule has 0 fully saturated rings. The van der Waals surface area contributed by atoms with Gasteiger partial charge >= 0.3 is 5.97 Å². The number of imide groups is 1. The van der Waals surface area contributed by atoms with Crippen molar-refractivity contribution in [3.63, 3.8) is 0 Å². The van der Waals surface area contributed by atoms with E-state index in [9.17, 15) is 14.4 Å². The topological polar surface area (TPSA) is 72.5 Å². The normalized spacial score (nSPS) is 13.7. The summed E-state index contributed by atoms with van der Waals surface area (Å²) >= 11 is 2.69. The fourth-order valence-electron chi connectivity index (χ4n) is 2.60. The Morgan fingerprint density at radius 1 is 1.12 bits per heavy atom. The number of fused-ring (bicyclic) bond motifs is 1. The van der Waals surface area contributed by atoms with E-state index in [0.29, 0.717) is 9.75 Å². The van der Waals surface area contributed by atoms with E-state index >= 15 is 0 Å². The van der Waals surface area contributed by atoms with Crippen molar-refractivity contribution >= 4 is 40.5 Å². The Morgan fingerprint density at radius 2 is 1.96 bits per heavy atom. The maximum absolute atomic E-state index is 12.1. The number of ether oxygens (including phenoxy) is 1. The van der Waals surface area contributed by atoms with E-state index in [1.54, 1.807) is 17.5 Å². The Morgan fingerprint density at radius 3 is 2.75 bits per heavy atom. The Labute approximate surface area is 147 Å². The molecule has 5 nitrogen and oxygen atoms in total. The van der Waals surface area contributed by atoms with Gasteiger partial charge in [-0.15, -0.1) is 22.7 Å². The molecule has 2 aromatic rings. The summed E-state index contributed by atoms with van der Waals surface area (Å²) < 4.78 is 5.03. The largest absolute Gasteiger partial charge is 0.451 e. The highest BCUT2D eigenvalue weighted by Crippen LogP contribution is 2.29. The lowest BCUT2D eigenvalue weighted by atomic mass is 10.1. The zero-order chi connectivity index (χ0) is 16.9. The Hall–Kier alpha value is -1.99. The van der Waals surface area contributed by atoms with Crippen molar-refractivity contribution in [1.29, 1.82) is 0 Å². The first-order valence-corrected chi connectivity index (χ1v) is 9.49. The average Bonchev–Trinajstić information content (AvgIpc) is 3.19. The fourth-order valence-corrected chi connectivity index (χ4v) is 4.37. The molecule has 3 rings (SSSR count). The van der Waals surface area contributed by atoms with Crippen LogP contribution in [0.3, 0.4) is 0 Å². The molecule has 2 aromatic heterocycles. The number of carbonyl (C=O) groups is 3. The molecular formula is C17H17NO4S2. The van der Waals surface area contributed by atoms with Gasteiger partial charge in [-0.1, -0.05) is 12.5 Å². The minimum absolute atomic E-state index is 0.441. The zero-order valence-electron chi connectivity index (χ0n) is 13.0. The molecule has 2 amide bonds. The Bertz CT molecular complexity index is 725. The number of rotatable bonds is 4. The van der Waals surface area contributed by atoms with Crippen molar-refractivity contribution in [2.75, 3.05) is 6.61 Å². The SMILES string of the molecule is O=C(COC(=O)c1cc2c(s1)CCCCC2)NC(=O)c1cccs1. The molecule has 0 aliphatic heterocycles. The molecule has 0 saturated heterocycles. The van der Waals surface area contributed by atoms with Crippen LogP contribution in [-0.2, 0) is 22.4 Å². The first-order chi connectivity index (χ1) is 11.6. The van der Waals surface area contributed by atoms with Gasteiger partial charge < -0.3 is 4.74 Å². The molecule has 2 heterocycles. The molecule has 7 heteroatoms. The molecule has 1 N–H and O–H groups in total. The summed E-state index contributed by atoms with van der Waals surface area (Å²) in [5, 5.41) is 3.96. The van der Waals surface area contributed by atoms with Crippen LogP contribution in [-0.4, -0.2) is 24.4 Å². The second kappa shape index (κ2) is 7.72. The van der Waals surface area contributed by atoms with Gasteiger partial charge in [0.15, 0.2) is 6.61 Å². The quantitative estimate of drug-likeness (QED) is 0.669. The number of esters is 1. The fraction of sp³-hybridized carbons (Fsp3) is 0.353. The third-order valence-corrected chi connectivity index (χ3v) is 5.87. The number of carbonyl (C=O) groups excluding carboxylic acids is 3. The highest BCUT2D eigenvalue weighted by molar-refractivity contribution is 7.14. The van der Waals surface area contributed by atoms with Crippen molar-refractivity contribution in [1.82, 2.24) is 5.32 Å². The number of hydrogen-bond donors (Lipinski definition) is 1. The van der Waals surface area contributed by atoms with Crippen molar-refractivity contribution in [2.45, 2.75) is 32.1 Å². The van der Waals surface area contributed by atoms with E-state index in [4.69, 9.17) is 4.74 Å². The smallest absolute Gasteiger partial charge is 0.348 e. The minimum atomic E-state index is -0.625. The molecule has 0 radical (unpaired) electrons. The van der Waals surface area contributed by atoms with Crippen LogP contribution >= 0.6 is 22.7 Å². The standard InChI is InChI=1S/C17H17NO4S2/c19-15(18-16(20)13-7-4-8-23-13)10-22-17(21)14-9-11-5-2-1-3-6-12(11)24-14/h4,7-9H,1-3,5-6,10H2,(H,18,19,20). The predicted molar refractivity (Wildman–Crippen MR) is 92.7 cm³/mol. The van der Waals surface area contributed by atoms with Crippen LogP contribution in [0.5, 0.6) is 0 Å². The molecule has 0 spiro atoms. The summed E-state index contributed by atoms with van der Waals surface area (Å²) in [7, 11) is 0. The highest BCUT2D eigenvalue weighted by atomic mass is 32.1. The summed E-state index contributed by atoms with van der Waals surface area (Å²) in [4.78, 5) is 37.8. The lowest BCUT2D eigenvalue weighted by Crippen LogP contribution is -2.33. The third kappa shape index (κ3) is 4.10. The molecule has 0 atom stereocenters. The van der Waals surface area contributed by atoms with Gasteiger partial charge in [0.2, 0.25) is 0 Å². The summed E-state index contributed by atoms with van der Waals surface area (Å²) in [5.41, 5.74) is 1.22.